The van der Waals surface area contributed by atoms with Gasteiger partial charge < -0.3 is 9.80 Å². The van der Waals surface area contributed by atoms with Gasteiger partial charge in [0.25, 0.3) is 0 Å². The Hall–Kier alpha value is -4.29. The maximum atomic E-state index is 13.9. The summed E-state index contributed by atoms with van der Waals surface area (Å²) in [5.74, 6) is 0.849. The van der Waals surface area contributed by atoms with Gasteiger partial charge in [-0.3, -0.25) is 4.79 Å². The van der Waals surface area contributed by atoms with E-state index in [0.717, 1.165) is 28.5 Å². The number of rotatable bonds is 12. The summed E-state index contributed by atoms with van der Waals surface area (Å²) in [7, 11) is 0. The van der Waals surface area contributed by atoms with Crippen LogP contribution in [0, 0.1) is 0 Å². The summed E-state index contributed by atoms with van der Waals surface area (Å²) in [6.45, 7) is 2.04. The van der Waals surface area contributed by atoms with E-state index < -0.39 is 0 Å². The SMILES string of the molecule is O=C(CN(Cc1ccccc1)c1nc(Cc2ccccc2)ns1)N(CCc1ccccc1)Cc1ccccc1. The fourth-order valence-corrected chi connectivity index (χ4v) is 5.17. The molecule has 5 aromatic rings. The fourth-order valence-electron chi connectivity index (χ4n) is 4.49. The van der Waals surface area contributed by atoms with Gasteiger partial charge in [-0.1, -0.05) is 121 Å². The van der Waals surface area contributed by atoms with Crippen molar-refractivity contribution in [2.75, 3.05) is 18.0 Å². The van der Waals surface area contributed by atoms with Crippen LogP contribution in [0.5, 0.6) is 0 Å². The molecular formula is C33H32N4OS. The maximum absolute atomic E-state index is 13.9. The predicted molar refractivity (Wildman–Crippen MR) is 159 cm³/mol. The van der Waals surface area contributed by atoms with E-state index in [1.807, 2.05) is 77.7 Å². The molecule has 196 valence electrons. The number of amides is 1. The number of anilines is 1. The van der Waals surface area contributed by atoms with Crippen LogP contribution in [0.1, 0.15) is 28.1 Å². The quantitative estimate of drug-likeness (QED) is 0.186. The number of nitrogens with zero attached hydrogens (tertiary/aromatic N) is 4. The van der Waals surface area contributed by atoms with Gasteiger partial charge >= 0.3 is 0 Å². The summed E-state index contributed by atoms with van der Waals surface area (Å²) in [4.78, 5) is 22.8. The lowest BCUT2D eigenvalue weighted by Gasteiger charge is -2.27. The average molecular weight is 533 g/mol. The second kappa shape index (κ2) is 13.5. The van der Waals surface area contributed by atoms with E-state index in [1.54, 1.807) is 0 Å². The molecule has 6 heteroatoms. The maximum Gasteiger partial charge on any atom is 0.242 e. The zero-order valence-electron chi connectivity index (χ0n) is 21.9. The summed E-state index contributed by atoms with van der Waals surface area (Å²) in [5, 5.41) is 0.765. The Morgan fingerprint density at radius 2 is 1.15 bits per heavy atom. The standard InChI is InChI=1S/C33H32N4OS/c38-32(36(24-29-17-9-3-10-18-29)22-21-27-13-5-1-6-14-27)26-37(25-30-19-11-4-12-20-30)33-34-31(35-39-33)23-28-15-7-2-8-16-28/h1-20H,21-26H2. The largest absolute Gasteiger partial charge is 0.337 e. The van der Waals surface area contributed by atoms with Crippen LogP contribution in [0.4, 0.5) is 5.13 Å². The van der Waals surface area contributed by atoms with Crippen LogP contribution >= 0.6 is 11.5 Å². The van der Waals surface area contributed by atoms with Gasteiger partial charge in [0.2, 0.25) is 11.0 Å². The zero-order chi connectivity index (χ0) is 26.7. The van der Waals surface area contributed by atoms with Crippen LogP contribution < -0.4 is 4.90 Å². The molecule has 0 radical (unpaired) electrons. The summed E-state index contributed by atoms with van der Waals surface area (Å²) in [6, 6.07) is 41.0. The highest BCUT2D eigenvalue weighted by Crippen LogP contribution is 2.22. The molecule has 4 aromatic carbocycles. The smallest absolute Gasteiger partial charge is 0.242 e. The molecule has 5 rings (SSSR count). The molecule has 1 heterocycles. The summed E-state index contributed by atoms with van der Waals surface area (Å²) < 4.78 is 4.63. The van der Waals surface area contributed by atoms with Crippen molar-refractivity contribution in [3.63, 3.8) is 0 Å². The molecule has 0 unspecified atom stereocenters. The predicted octanol–water partition coefficient (Wildman–Crippen LogP) is 6.41. The Morgan fingerprint density at radius 3 is 1.74 bits per heavy atom. The molecule has 0 aliphatic rings. The lowest BCUT2D eigenvalue weighted by Crippen LogP contribution is -2.41. The molecule has 0 fully saturated rings. The highest BCUT2D eigenvalue weighted by Gasteiger charge is 2.21. The zero-order valence-corrected chi connectivity index (χ0v) is 22.7. The Balaban J connectivity index is 1.36. The molecule has 0 saturated carbocycles. The van der Waals surface area contributed by atoms with Crippen LogP contribution in [-0.4, -0.2) is 33.3 Å². The second-order valence-corrected chi connectivity index (χ2v) is 10.3. The summed E-state index contributed by atoms with van der Waals surface area (Å²) in [5.41, 5.74) is 4.64. The molecule has 0 saturated heterocycles. The van der Waals surface area contributed by atoms with Gasteiger partial charge in [0.15, 0.2) is 0 Å². The molecule has 1 amide bonds. The Morgan fingerprint density at radius 1 is 0.641 bits per heavy atom. The van der Waals surface area contributed by atoms with E-state index in [9.17, 15) is 4.79 Å². The number of aromatic nitrogens is 2. The summed E-state index contributed by atoms with van der Waals surface area (Å²) >= 11 is 1.36. The minimum atomic E-state index is 0.0746. The van der Waals surface area contributed by atoms with Gasteiger partial charge in [0, 0.05) is 37.6 Å². The van der Waals surface area contributed by atoms with E-state index in [-0.39, 0.29) is 12.5 Å². The Kier molecular flexibility index (Phi) is 9.10. The molecule has 0 N–H and O–H groups in total. The number of hydrogen-bond acceptors (Lipinski definition) is 5. The molecule has 1 aromatic heterocycles. The second-order valence-electron chi connectivity index (χ2n) is 9.53. The molecule has 39 heavy (non-hydrogen) atoms. The van der Waals surface area contributed by atoms with Gasteiger partial charge in [-0.15, -0.1) is 0 Å². The van der Waals surface area contributed by atoms with Gasteiger partial charge in [-0.05, 0) is 28.7 Å². The van der Waals surface area contributed by atoms with E-state index in [0.29, 0.717) is 26.1 Å². The number of carbonyl (C=O) groups is 1. The lowest BCUT2D eigenvalue weighted by atomic mass is 10.1. The van der Waals surface area contributed by atoms with E-state index in [2.05, 4.69) is 57.8 Å². The van der Waals surface area contributed by atoms with Crippen molar-refractivity contribution in [1.29, 1.82) is 0 Å². The molecule has 0 atom stereocenters. The van der Waals surface area contributed by atoms with Crippen molar-refractivity contribution in [2.24, 2.45) is 0 Å². The van der Waals surface area contributed by atoms with Crippen LogP contribution in [0.2, 0.25) is 0 Å². The lowest BCUT2D eigenvalue weighted by molar-refractivity contribution is -0.130. The Labute approximate surface area is 234 Å². The van der Waals surface area contributed by atoms with E-state index in [4.69, 9.17) is 4.98 Å². The first-order chi connectivity index (χ1) is 19.2. The minimum absolute atomic E-state index is 0.0746. The Bertz CT molecular complexity index is 1430. The van der Waals surface area contributed by atoms with E-state index >= 15 is 0 Å². The van der Waals surface area contributed by atoms with Crippen molar-refractivity contribution in [2.45, 2.75) is 25.9 Å². The van der Waals surface area contributed by atoms with Crippen LogP contribution in [0.15, 0.2) is 121 Å². The number of benzene rings is 4. The normalized spacial score (nSPS) is 10.8. The number of carbonyl (C=O) groups excluding carboxylic acids is 1. The third-order valence-electron chi connectivity index (χ3n) is 6.56. The fraction of sp³-hybridized carbons (Fsp3) is 0.182. The van der Waals surface area contributed by atoms with Gasteiger partial charge in [-0.25, -0.2) is 4.98 Å². The van der Waals surface area contributed by atoms with Crippen molar-refractivity contribution in [1.82, 2.24) is 14.3 Å². The van der Waals surface area contributed by atoms with Crippen LogP contribution in [0.25, 0.3) is 0 Å². The molecular weight excluding hydrogens is 500 g/mol. The minimum Gasteiger partial charge on any atom is -0.337 e. The molecule has 0 spiro atoms. The first kappa shape index (κ1) is 26.3. The average Bonchev–Trinajstić information content (AvgIpc) is 3.45. The van der Waals surface area contributed by atoms with Crippen LogP contribution in [-0.2, 0) is 30.7 Å². The topological polar surface area (TPSA) is 49.3 Å². The van der Waals surface area contributed by atoms with Crippen molar-refractivity contribution >= 4 is 22.6 Å². The third-order valence-corrected chi connectivity index (χ3v) is 7.37. The highest BCUT2D eigenvalue weighted by atomic mass is 32.1. The molecule has 5 nitrogen and oxygen atoms in total. The first-order valence-corrected chi connectivity index (χ1v) is 14.0. The van der Waals surface area contributed by atoms with E-state index in [1.165, 1.54) is 22.7 Å². The van der Waals surface area contributed by atoms with Crippen molar-refractivity contribution < 1.29 is 4.79 Å². The highest BCUT2D eigenvalue weighted by molar-refractivity contribution is 7.09. The number of hydrogen-bond donors (Lipinski definition) is 0. The van der Waals surface area contributed by atoms with Crippen molar-refractivity contribution in [3.05, 3.63) is 149 Å². The first-order valence-electron chi connectivity index (χ1n) is 13.2. The summed E-state index contributed by atoms with van der Waals surface area (Å²) in [6.07, 6.45) is 1.47. The molecule has 0 bridgehead atoms. The third kappa shape index (κ3) is 7.85. The van der Waals surface area contributed by atoms with Crippen LogP contribution in [0.3, 0.4) is 0 Å². The van der Waals surface area contributed by atoms with Gasteiger partial charge in [-0.2, -0.15) is 4.37 Å². The van der Waals surface area contributed by atoms with Gasteiger partial charge in [0.1, 0.15) is 5.82 Å². The molecule has 0 aliphatic heterocycles. The van der Waals surface area contributed by atoms with Crippen molar-refractivity contribution in [3.8, 4) is 0 Å². The molecule has 0 aliphatic carbocycles. The monoisotopic (exact) mass is 532 g/mol. The van der Waals surface area contributed by atoms with Gasteiger partial charge in [0.05, 0.1) is 6.54 Å².